The van der Waals surface area contributed by atoms with Crippen molar-refractivity contribution < 1.29 is 9.53 Å². The zero-order valence-corrected chi connectivity index (χ0v) is 19.0. The van der Waals surface area contributed by atoms with Gasteiger partial charge in [-0.25, -0.2) is 4.98 Å². The van der Waals surface area contributed by atoms with E-state index in [1.807, 2.05) is 18.2 Å². The number of hydrogen-bond acceptors (Lipinski definition) is 5. The summed E-state index contributed by atoms with van der Waals surface area (Å²) in [5.74, 6) is 0.221. The first-order valence-electron chi connectivity index (χ1n) is 9.57. The van der Waals surface area contributed by atoms with E-state index in [1.165, 1.54) is 17.4 Å². The molecule has 3 aromatic rings. The van der Waals surface area contributed by atoms with Crippen LogP contribution in [0.1, 0.15) is 25.3 Å². The van der Waals surface area contributed by atoms with E-state index in [1.54, 1.807) is 35.7 Å². The monoisotopic (exact) mass is 471 g/mol. The van der Waals surface area contributed by atoms with E-state index in [0.717, 1.165) is 24.2 Å². The first-order chi connectivity index (χ1) is 15.0. The van der Waals surface area contributed by atoms with Crippen LogP contribution >= 0.6 is 34.5 Å². The Morgan fingerprint density at radius 1 is 1.26 bits per heavy atom. The van der Waals surface area contributed by atoms with Gasteiger partial charge in [0.05, 0.1) is 17.3 Å². The van der Waals surface area contributed by atoms with Gasteiger partial charge in [0, 0.05) is 16.0 Å². The number of amides is 1. The van der Waals surface area contributed by atoms with Gasteiger partial charge in [0.2, 0.25) is 0 Å². The minimum absolute atomic E-state index is 0.0269. The molecule has 0 saturated heterocycles. The lowest BCUT2D eigenvalue weighted by molar-refractivity contribution is -0.112. The van der Waals surface area contributed by atoms with Crippen molar-refractivity contribution >= 4 is 51.7 Å². The highest BCUT2D eigenvalue weighted by Crippen LogP contribution is 2.32. The molecule has 0 radical (unpaired) electrons. The van der Waals surface area contributed by atoms with Crippen LogP contribution in [0.5, 0.6) is 5.75 Å². The molecule has 158 valence electrons. The van der Waals surface area contributed by atoms with Crippen LogP contribution < -0.4 is 10.1 Å². The van der Waals surface area contributed by atoms with Crippen molar-refractivity contribution in [3.05, 3.63) is 69.0 Å². The average Bonchev–Trinajstić information content (AvgIpc) is 3.21. The second-order valence-corrected chi connectivity index (χ2v) is 8.26. The number of unbranched alkanes of at least 4 members (excludes halogenated alkanes) is 1. The number of carbonyl (C=O) groups is 1. The number of halogens is 2. The summed E-state index contributed by atoms with van der Waals surface area (Å²) in [6.45, 7) is 2.76. The molecule has 0 fully saturated rings. The van der Waals surface area contributed by atoms with E-state index >= 15 is 0 Å². The second kappa shape index (κ2) is 11.0. The van der Waals surface area contributed by atoms with Crippen molar-refractivity contribution in [2.75, 3.05) is 11.9 Å². The number of nitriles is 1. The number of nitrogens with zero attached hydrogens (tertiary/aromatic N) is 2. The smallest absolute Gasteiger partial charge is 0.268 e. The summed E-state index contributed by atoms with van der Waals surface area (Å²) in [5, 5.41) is 15.2. The molecule has 0 atom stereocenters. The normalized spacial score (nSPS) is 11.1. The summed E-state index contributed by atoms with van der Waals surface area (Å²) in [5.41, 5.74) is 2.02. The van der Waals surface area contributed by atoms with Gasteiger partial charge in [-0.2, -0.15) is 5.26 Å². The van der Waals surface area contributed by atoms with E-state index in [-0.39, 0.29) is 5.57 Å². The van der Waals surface area contributed by atoms with Crippen molar-refractivity contribution in [1.82, 2.24) is 4.98 Å². The highest BCUT2D eigenvalue weighted by atomic mass is 35.5. The Bertz CT molecular complexity index is 1130. The minimum Gasteiger partial charge on any atom is -0.494 e. The Morgan fingerprint density at radius 2 is 2.03 bits per heavy atom. The van der Waals surface area contributed by atoms with Crippen LogP contribution in [-0.2, 0) is 4.79 Å². The van der Waals surface area contributed by atoms with E-state index in [9.17, 15) is 10.1 Å². The summed E-state index contributed by atoms with van der Waals surface area (Å²) in [7, 11) is 0. The van der Waals surface area contributed by atoms with Crippen molar-refractivity contribution in [2.24, 2.45) is 0 Å². The molecule has 0 spiro atoms. The molecule has 0 aliphatic heterocycles. The molecule has 0 aliphatic carbocycles. The quantitative estimate of drug-likeness (QED) is 0.221. The predicted octanol–water partition coefficient (Wildman–Crippen LogP) is 6.84. The van der Waals surface area contributed by atoms with Gasteiger partial charge in [-0.15, -0.1) is 11.3 Å². The Morgan fingerprint density at radius 3 is 2.71 bits per heavy atom. The van der Waals surface area contributed by atoms with E-state index in [0.29, 0.717) is 33.0 Å². The Kier molecular flexibility index (Phi) is 8.07. The second-order valence-electron chi connectivity index (χ2n) is 6.56. The molecule has 1 heterocycles. The SMILES string of the molecule is CCCCOc1ccc(/C=C(\C#N)C(=O)Nc2nc(-c3ccc(Cl)cc3Cl)cs2)cc1. The number of carbonyl (C=O) groups excluding carboxylic acids is 1. The topological polar surface area (TPSA) is 75.0 Å². The van der Waals surface area contributed by atoms with Gasteiger partial charge in [0.1, 0.15) is 17.4 Å². The predicted molar refractivity (Wildman–Crippen MR) is 127 cm³/mol. The largest absolute Gasteiger partial charge is 0.494 e. The molecule has 0 aliphatic rings. The van der Waals surface area contributed by atoms with Crippen molar-refractivity contribution in [2.45, 2.75) is 19.8 Å². The fraction of sp³-hybridized carbons (Fsp3) is 0.174. The Balaban J connectivity index is 1.69. The lowest BCUT2D eigenvalue weighted by Crippen LogP contribution is -2.13. The minimum atomic E-state index is -0.533. The molecular formula is C23H19Cl2N3O2S. The number of rotatable bonds is 8. The molecule has 1 aromatic heterocycles. The summed E-state index contributed by atoms with van der Waals surface area (Å²) >= 11 is 13.4. The van der Waals surface area contributed by atoms with Crippen LogP contribution in [0.4, 0.5) is 5.13 Å². The third kappa shape index (κ3) is 6.31. The number of ether oxygens (including phenoxy) is 1. The molecule has 3 rings (SSSR count). The maximum atomic E-state index is 12.5. The van der Waals surface area contributed by atoms with Gasteiger partial charge in [-0.05, 0) is 48.4 Å². The lowest BCUT2D eigenvalue weighted by Gasteiger charge is -2.05. The van der Waals surface area contributed by atoms with Crippen LogP contribution in [0.15, 0.2) is 53.4 Å². The third-order valence-electron chi connectivity index (χ3n) is 4.25. The Hall–Kier alpha value is -2.85. The van der Waals surface area contributed by atoms with Crippen molar-refractivity contribution in [3.8, 4) is 23.1 Å². The summed E-state index contributed by atoms with van der Waals surface area (Å²) in [6.07, 6.45) is 3.58. The van der Waals surface area contributed by atoms with E-state index in [2.05, 4.69) is 17.2 Å². The van der Waals surface area contributed by atoms with Crippen LogP contribution in [0, 0.1) is 11.3 Å². The molecule has 0 bridgehead atoms. The molecule has 1 amide bonds. The number of nitrogens with one attached hydrogen (secondary N) is 1. The molecule has 0 saturated carbocycles. The molecule has 31 heavy (non-hydrogen) atoms. The molecule has 5 nitrogen and oxygen atoms in total. The fourth-order valence-corrected chi connectivity index (χ4v) is 3.84. The van der Waals surface area contributed by atoms with Crippen LogP contribution in [0.2, 0.25) is 10.0 Å². The maximum Gasteiger partial charge on any atom is 0.268 e. The van der Waals surface area contributed by atoms with Crippen molar-refractivity contribution in [3.63, 3.8) is 0 Å². The number of aromatic nitrogens is 1. The van der Waals surface area contributed by atoms with E-state index < -0.39 is 5.91 Å². The summed E-state index contributed by atoms with van der Waals surface area (Å²) < 4.78 is 5.62. The molecule has 1 N–H and O–H groups in total. The maximum absolute atomic E-state index is 12.5. The van der Waals surface area contributed by atoms with Gasteiger partial charge in [0.25, 0.3) is 5.91 Å². The van der Waals surface area contributed by atoms with Gasteiger partial charge in [-0.1, -0.05) is 48.7 Å². The van der Waals surface area contributed by atoms with Gasteiger partial charge >= 0.3 is 0 Å². The molecular weight excluding hydrogens is 453 g/mol. The van der Waals surface area contributed by atoms with Gasteiger partial charge < -0.3 is 4.74 Å². The summed E-state index contributed by atoms with van der Waals surface area (Å²) in [6, 6.07) is 14.3. The number of anilines is 1. The summed E-state index contributed by atoms with van der Waals surface area (Å²) in [4.78, 5) is 16.9. The fourth-order valence-electron chi connectivity index (χ4n) is 2.63. The molecule has 2 aromatic carbocycles. The molecule has 0 unspecified atom stereocenters. The van der Waals surface area contributed by atoms with Crippen LogP contribution in [-0.4, -0.2) is 17.5 Å². The number of hydrogen-bond donors (Lipinski definition) is 1. The highest BCUT2D eigenvalue weighted by molar-refractivity contribution is 7.14. The van der Waals surface area contributed by atoms with Crippen LogP contribution in [0.3, 0.4) is 0 Å². The van der Waals surface area contributed by atoms with Crippen molar-refractivity contribution in [1.29, 1.82) is 5.26 Å². The first kappa shape index (κ1) is 22.8. The highest BCUT2D eigenvalue weighted by Gasteiger charge is 2.14. The zero-order chi connectivity index (χ0) is 22.2. The number of thiazole rings is 1. The van der Waals surface area contributed by atoms with Gasteiger partial charge in [0.15, 0.2) is 5.13 Å². The zero-order valence-electron chi connectivity index (χ0n) is 16.7. The van der Waals surface area contributed by atoms with Gasteiger partial charge in [-0.3, -0.25) is 10.1 Å². The standard InChI is InChI=1S/C23H19Cl2N3O2S/c1-2-3-10-30-18-7-4-15(5-8-18)11-16(13-26)22(29)28-23-27-21(14-31-23)19-9-6-17(24)12-20(19)25/h4-9,11-12,14H,2-3,10H2,1H3,(H,27,28,29)/b16-11+. The number of benzene rings is 2. The first-order valence-corrected chi connectivity index (χ1v) is 11.2. The molecule has 8 heteroatoms. The lowest BCUT2D eigenvalue weighted by atomic mass is 10.1. The van der Waals surface area contributed by atoms with E-state index in [4.69, 9.17) is 27.9 Å². The van der Waals surface area contributed by atoms with Crippen LogP contribution in [0.25, 0.3) is 17.3 Å². The third-order valence-corrected chi connectivity index (χ3v) is 5.56. The average molecular weight is 472 g/mol. The Labute approximate surface area is 194 Å².